The van der Waals surface area contributed by atoms with Crippen LogP contribution in [-0.4, -0.2) is 57.1 Å². The molecule has 1 amide bonds. The molecule has 1 saturated heterocycles. The van der Waals surface area contributed by atoms with Crippen molar-refractivity contribution < 1.29 is 37.7 Å². The summed E-state index contributed by atoms with van der Waals surface area (Å²) in [6.07, 6.45) is 13.3. The summed E-state index contributed by atoms with van der Waals surface area (Å²) >= 11 is 0. The van der Waals surface area contributed by atoms with Crippen LogP contribution in [0, 0.1) is 0 Å². The highest BCUT2D eigenvalue weighted by molar-refractivity contribution is 5.83. The van der Waals surface area contributed by atoms with Gasteiger partial charge in [-0.05, 0) is 33.3 Å². The number of esters is 1. The van der Waals surface area contributed by atoms with E-state index in [-0.39, 0.29) is 12.2 Å². The van der Waals surface area contributed by atoms with Crippen LogP contribution in [0.5, 0.6) is 0 Å². The van der Waals surface area contributed by atoms with Crippen LogP contribution in [0.25, 0.3) is 0 Å². The van der Waals surface area contributed by atoms with Crippen molar-refractivity contribution in [3.8, 4) is 0 Å². The fraction of sp³-hybridized carbons (Fsp3) is 0.818. The molecule has 0 bridgehead atoms. The lowest BCUT2D eigenvalue weighted by molar-refractivity contribution is -0.176. The number of anilines is 1. The highest BCUT2D eigenvalue weighted by atomic mass is 19.3. The number of carbonyl (C=O) groups is 2. The van der Waals surface area contributed by atoms with Crippen molar-refractivity contribution in [3.63, 3.8) is 0 Å². The molecule has 0 unspecified atom stereocenters. The fourth-order valence-electron chi connectivity index (χ4n) is 5.35. The fourth-order valence-corrected chi connectivity index (χ4v) is 5.35. The number of rotatable bonds is 21. The molecule has 2 heterocycles. The minimum Gasteiger partial charge on any atom is -0.453 e. The predicted octanol–water partition coefficient (Wildman–Crippen LogP) is 7.68. The molecule has 10 nitrogen and oxygen atoms in total. The monoisotopic (exact) mass is 643 g/mol. The third-order valence-corrected chi connectivity index (χ3v) is 7.73. The van der Waals surface area contributed by atoms with Crippen LogP contribution in [0.4, 0.5) is 19.4 Å². The van der Waals surface area contributed by atoms with E-state index in [1.54, 1.807) is 20.8 Å². The van der Waals surface area contributed by atoms with Gasteiger partial charge in [-0.25, -0.2) is 9.59 Å². The van der Waals surface area contributed by atoms with Gasteiger partial charge in [0.2, 0.25) is 6.23 Å². The summed E-state index contributed by atoms with van der Waals surface area (Å²) in [6.45, 7) is 6.35. The molecule has 2 rings (SSSR count). The number of amides is 1. The van der Waals surface area contributed by atoms with E-state index in [0.717, 1.165) is 37.9 Å². The van der Waals surface area contributed by atoms with Gasteiger partial charge in [-0.3, -0.25) is 14.7 Å². The maximum Gasteiger partial charge on any atom is 0.413 e. The van der Waals surface area contributed by atoms with Gasteiger partial charge in [0, 0.05) is 12.6 Å². The second kappa shape index (κ2) is 19.8. The third-order valence-electron chi connectivity index (χ3n) is 7.73. The zero-order valence-corrected chi connectivity index (χ0v) is 27.7. The molecule has 1 aliphatic rings. The molecular weight excluding hydrogens is 588 g/mol. The van der Waals surface area contributed by atoms with Gasteiger partial charge in [0.25, 0.3) is 0 Å². The Morgan fingerprint density at radius 1 is 0.956 bits per heavy atom. The first-order chi connectivity index (χ1) is 21.4. The first-order valence-electron chi connectivity index (χ1n) is 16.8. The van der Waals surface area contributed by atoms with Crippen molar-refractivity contribution in [3.05, 3.63) is 22.7 Å². The van der Waals surface area contributed by atoms with Crippen molar-refractivity contribution in [2.75, 3.05) is 11.9 Å². The highest BCUT2D eigenvalue weighted by Crippen LogP contribution is 2.44. The van der Waals surface area contributed by atoms with Gasteiger partial charge in [0.05, 0.1) is 6.61 Å². The number of carbonyl (C=O) groups excluding carboxylic acids is 2. The summed E-state index contributed by atoms with van der Waals surface area (Å²) in [7, 11) is 0. The number of aliphatic hydroxyl groups is 1. The maximum absolute atomic E-state index is 15.4. The van der Waals surface area contributed by atoms with Crippen molar-refractivity contribution in [1.82, 2.24) is 9.55 Å². The zero-order valence-electron chi connectivity index (χ0n) is 27.7. The standard InChI is InChI=1S/C33H55F2N3O7/c1-5-6-7-8-9-10-11-12-13-14-15-16-17-18-19-20-21-27(40)44-28-25(24-39)43-29(33(28,34)35)38-23-22-26(36-30(38)41)37-31(42)45-32(2,3)4/h22-23,25,28-29,39H,5-21,24H2,1-4H3,(H,36,37,41,42)/t25-,28-,29-/m1/s1. The van der Waals surface area contributed by atoms with Gasteiger partial charge in [0.1, 0.15) is 17.5 Å². The molecule has 3 atom stereocenters. The van der Waals surface area contributed by atoms with Crippen LogP contribution in [0.3, 0.4) is 0 Å². The number of nitrogens with one attached hydrogen (secondary N) is 1. The minimum absolute atomic E-state index is 0.0274. The molecule has 0 aromatic carbocycles. The van der Waals surface area contributed by atoms with Gasteiger partial charge in [-0.15, -0.1) is 0 Å². The maximum atomic E-state index is 15.4. The van der Waals surface area contributed by atoms with E-state index in [1.165, 1.54) is 70.6 Å². The number of hydrogen-bond acceptors (Lipinski definition) is 8. The summed E-state index contributed by atoms with van der Waals surface area (Å²) in [5.74, 6) is -4.84. The summed E-state index contributed by atoms with van der Waals surface area (Å²) in [4.78, 5) is 40.5. The average molecular weight is 644 g/mol. The van der Waals surface area contributed by atoms with Gasteiger partial charge < -0.3 is 19.3 Å². The van der Waals surface area contributed by atoms with Crippen LogP contribution in [0.15, 0.2) is 17.1 Å². The lowest BCUT2D eigenvalue weighted by Gasteiger charge is -2.24. The highest BCUT2D eigenvalue weighted by Gasteiger charge is 2.62. The Labute approximate surface area is 266 Å². The van der Waals surface area contributed by atoms with Crippen LogP contribution >= 0.6 is 0 Å². The molecule has 0 radical (unpaired) electrons. The number of hydrogen-bond donors (Lipinski definition) is 2. The lowest BCUT2D eigenvalue weighted by atomic mass is 10.0. The Kier molecular flexibility index (Phi) is 17.0. The molecule has 0 saturated carbocycles. The summed E-state index contributed by atoms with van der Waals surface area (Å²) in [5, 5.41) is 11.9. The third kappa shape index (κ3) is 14.1. The molecule has 1 aromatic heterocycles. The summed E-state index contributed by atoms with van der Waals surface area (Å²) in [6, 6.07) is 1.13. The first-order valence-corrected chi connectivity index (χ1v) is 16.8. The second-order valence-electron chi connectivity index (χ2n) is 13.0. The molecule has 1 fully saturated rings. The van der Waals surface area contributed by atoms with E-state index in [4.69, 9.17) is 14.2 Å². The van der Waals surface area contributed by atoms with E-state index in [9.17, 15) is 19.5 Å². The van der Waals surface area contributed by atoms with Crippen molar-refractivity contribution in [2.45, 2.75) is 167 Å². The molecule has 0 spiro atoms. The number of halogens is 2. The topological polar surface area (TPSA) is 129 Å². The smallest absolute Gasteiger partial charge is 0.413 e. The number of ether oxygens (including phenoxy) is 3. The quantitative estimate of drug-likeness (QED) is 0.103. The average Bonchev–Trinajstić information content (AvgIpc) is 3.20. The van der Waals surface area contributed by atoms with Gasteiger partial charge in [-0.2, -0.15) is 13.8 Å². The van der Waals surface area contributed by atoms with Crippen LogP contribution in [0.1, 0.15) is 143 Å². The molecular formula is C33H55F2N3O7. The van der Waals surface area contributed by atoms with Crippen molar-refractivity contribution >= 4 is 17.9 Å². The van der Waals surface area contributed by atoms with E-state index in [2.05, 4.69) is 17.2 Å². The molecule has 2 N–H and O–H groups in total. The molecule has 1 aliphatic heterocycles. The number of unbranched alkanes of at least 4 members (excludes halogenated alkanes) is 15. The first kappa shape index (κ1) is 38.6. The van der Waals surface area contributed by atoms with E-state index < -0.39 is 54.3 Å². The van der Waals surface area contributed by atoms with E-state index in [1.807, 2.05) is 0 Å². The Hall–Kier alpha value is -2.60. The summed E-state index contributed by atoms with van der Waals surface area (Å²) in [5.41, 5.74) is -1.93. The predicted molar refractivity (Wildman–Crippen MR) is 168 cm³/mol. The molecule has 0 aliphatic carbocycles. The van der Waals surface area contributed by atoms with Crippen LogP contribution in [0.2, 0.25) is 0 Å². The molecule has 45 heavy (non-hydrogen) atoms. The number of nitrogens with zero attached hydrogens (tertiary/aromatic N) is 2. The Morgan fingerprint density at radius 2 is 1.47 bits per heavy atom. The number of alkyl halides is 2. The molecule has 12 heteroatoms. The van der Waals surface area contributed by atoms with E-state index in [0.29, 0.717) is 11.0 Å². The van der Waals surface area contributed by atoms with Gasteiger partial charge in [0.15, 0.2) is 6.10 Å². The Balaban J connectivity index is 1.69. The Morgan fingerprint density at radius 3 is 1.93 bits per heavy atom. The van der Waals surface area contributed by atoms with E-state index >= 15 is 8.78 Å². The van der Waals surface area contributed by atoms with Crippen LogP contribution in [-0.2, 0) is 19.0 Å². The summed E-state index contributed by atoms with van der Waals surface area (Å²) < 4.78 is 46.7. The largest absolute Gasteiger partial charge is 0.453 e. The number of aliphatic hydroxyl groups excluding tert-OH is 1. The molecule has 258 valence electrons. The SMILES string of the molecule is CCCCCCCCCCCCCCCCCCC(=O)O[C@@H]1[C@@H](CO)O[C@@H](n2ccc(NC(=O)OC(C)(C)C)nc2=O)C1(F)F. The van der Waals surface area contributed by atoms with Crippen molar-refractivity contribution in [2.24, 2.45) is 0 Å². The minimum atomic E-state index is -3.83. The van der Waals surface area contributed by atoms with Gasteiger partial charge in [-0.1, -0.05) is 103 Å². The van der Waals surface area contributed by atoms with Crippen LogP contribution < -0.4 is 11.0 Å². The zero-order chi connectivity index (χ0) is 33.3. The second-order valence-corrected chi connectivity index (χ2v) is 13.0. The van der Waals surface area contributed by atoms with Crippen molar-refractivity contribution in [1.29, 1.82) is 0 Å². The van der Waals surface area contributed by atoms with Gasteiger partial charge >= 0.3 is 23.7 Å². The normalized spacial score (nSPS) is 19.4. The molecule has 1 aromatic rings. The Bertz CT molecular complexity index is 1080. The number of aromatic nitrogens is 2. The lowest BCUT2D eigenvalue weighted by Crippen LogP contribution is -2.44.